The average Bonchev–Trinajstić information content (AvgIpc) is 2.70. The molecule has 0 aromatic carbocycles. The third-order valence-corrected chi connectivity index (χ3v) is 5.04. The number of pyridine rings is 1. The summed E-state index contributed by atoms with van der Waals surface area (Å²) >= 11 is 0. The van der Waals surface area contributed by atoms with Crippen LogP contribution in [0.1, 0.15) is 51.4 Å². The number of nitrogens with zero attached hydrogens (tertiary/aromatic N) is 4. The predicted octanol–water partition coefficient (Wildman–Crippen LogP) is 2.89. The molecule has 1 amide bonds. The van der Waals surface area contributed by atoms with Crippen molar-refractivity contribution in [3.63, 3.8) is 0 Å². The van der Waals surface area contributed by atoms with E-state index < -0.39 is 0 Å². The minimum absolute atomic E-state index is 0.0470. The minimum atomic E-state index is 0.0470. The second-order valence-corrected chi connectivity index (χ2v) is 6.94. The number of carbonyl (C=O) groups excluding carboxylic acids is 1. The van der Waals surface area contributed by atoms with E-state index in [9.17, 15) is 4.79 Å². The zero-order chi connectivity index (χ0) is 18.5. The summed E-state index contributed by atoms with van der Waals surface area (Å²) in [6, 6.07) is 2.07. The summed E-state index contributed by atoms with van der Waals surface area (Å²) in [6.07, 6.45) is 6.55. The molecule has 140 valence electrons. The van der Waals surface area contributed by atoms with E-state index in [1.165, 1.54) is 0 Å². The van der Waals surface area contributed by atoms with E-state index in [1.54, 1.807) is 0 Å². The van der Waals surface area contributed by atoms with Crippen LogP contribution in [0.4, 0.5) is 5.69 Å². The number of fused-ring (bicyclic) bond motifs is 1. The first-order chi connectivity index (χ1) is 12.7. The van der Waals surface area contributed by atoms with Gasteiger partial charge in [0.25, 0.3) is 0 Å². The molecule has 6 nitrogen and oxygen atoms in total. The monoisotopic (exact) mass is 355 g/mol. The van der Waals surface area contributed by atoms with Gasteiger partial charge in [0.1, 0.15) is 5.52 Å². The normalized spacial score (nSPS) is 17.5. The van der Waals surface area contributed by atoms with Crippen molar-refractivity contribution in [3.05, 3.63) is 23.7 Å². The van der Waals surface area contributed by atoms with E-state index in [2.05, 4.69) is 47.0 Å². The van der Waals surface area contributed by atoms with Gasteiger partial charge in [0.05, 0.1) is 29.2 Å². The fourth-order valence-corrected chi connectivity index (χ4v) is 3.56. The molecular formula is C20H29N5O. The number of piperidine rings is 1. The maximum absolute atomic E-state index is 12.3. The van der Waals surface area contributed by atoms with Crippen LogP contribution >= 0.6 is 0 Å². The molecule has 6 heteroatoms. The zero-order valence-electron chi connectivity index (χ0n) is 16.1. The lowest BCUT2D eigenvalue weighted by molar-refractivity contribution is -0.125. The molecule has 3 heterocycles. The van der Waals surface area contributed by atoms with E-state index >= 15 is 0 Å². The molecule has 1 aliphatic rings. The zero-order valence-corrected chi connectivity index (χ0v) is 16.1. The molecule has 0 saturated carbocycles. The molecular weight excluding hydrogens is 326 g/mol. The van der Waals surface area contributed by atoms with Crippen molar-refractivity contribution in [3.8, 4) is 0 Å². The number of aryl methyl sites for hydroxylation is 2. The first kappa shape index (κ1) is 18.5. The lowest BCUT2D eigenvalue weighted by atomic mass is 9.96. The average molecular weight is 355 g/mol. The first-order valence-corrected chi connectivity index (χ1v) is 9.84. The van der Waals surface area contributed by atoms with Gasteiger partial charge < -0.3 is 10.2 Å². The van der Waals surface area contributed by atoms with Gasteiger partial charge in [-0.05, 0) is 38.2 Å². The largest absolute Gasteiger partial charge is 0.369 e. The molecule has 0 aliphatic carbocycles. The van der Waals surface area contributed by atoms with Crippen LogP contribution in [0.15, 0.2) is 12.3 Å². The van der Waals surface area contributed by atoms with Gasteiger partial charge in [0.2, 0.25) is 5.91 Å². The Kier molecular flexibility index (Phi) is 6.01. The molecule has 1 unspecified atom stereocenters. The van der Waals surface area contributed by atoms with Gasteiger partial charge in [-0.1, -0.05) is 20.8 Å². The van der Waals surface area contributed by atoms with Crippen LogP contribution in [0, 0.1) is 5.92 Å². The van der Waals surface area contributed by atoms with Crippen molar-refractivity contribution < 1.29 is 4.79 Å². The summed E-state index contributed by atoms with van der Waals surface area (Å²) < 4.78 is 0. The smallest absolute Gasteiger partial charge is 0.224 e. The van der Waals surface area contributed by atoms with Crippen LogP contribution in [0.25, 0.3) is 11.2 Å². The second kappa shape index (κ2) is 8.43. The third-order valence-electron chi connectivity index (χ3n) is 5.04. The Balaban J connectivity index is 1.82. The lowest BCUT2D eigenvalue weighted by Gasteiger charge is -2.33. The number of hydrogen-bond donors (Lipinski definition) is 1. The van der Waals surface area contributed by atoms with Crippen molar-refractivity contribution in [1.29, 1.82) is 0 Å². The van der Waals surface area contributed by atoms with Crippen LogP contribution in [0.5, 0.6) is 0 Å². The van der Waals surface area contributed by atoms with Gasteiger partial charge in [-0.3, -0.25) is 4.79 Å². The Labute approximate surface area is 155 Å². The molecule has 2 aromatic heterocycles. The van der Waals surface area contributed by atoms with Crippen LogP contribution in [0.3, 0.4) is 0 Å². The second-order valence-electron chi connectivity index (χ2n) is 6.94. The lowest BCUT2D eigenvalue weighted by Crippen LogP contribution is -2.43. The maximum atomic E-state index is 12.3. The van der Waals surface area contributed by atoms with Crippen molar-refractivity contribution in [2.45, 2.75) is 52.9 Å². The standard InChI is InChI=1S/C20H29N5O/c1-4-9-21-20(26)14-8-7-10-25(13-14)15-11-18-19(22-12-15)24-17(6-3)16(5-2)23-18/h11-12,14H,4-10,13H2,1-3H3,(H,21,26). The summed E-state index contributed by atoms with van der Waals surface area (Å²) in [5.41, 5.74) is 4.66. The summed E-state index contributed by atoms with van der Waals surface area (Å²) in [5.74, 6) is 0.219. The quantitative estimate of drug-likeness (QED) is 0.863. The highest BCUT2D eigenvalue weighted by molar-refractivity contribution is 5.80. The van der Waals surface area contributed by atoms with Crippen LogP contribution in [-0.4, -0.2) is 40.5 Å². The number of nitrogens with one attached hydrogen (secondary N) is 1. The SMILES string of the molecule is CCCNC(=O)C1CCCN(c2cnc3nc(CC)c(CC)nc3c2)C1. The Morgan fingerprint density at radius 1 is 1.23 bits per heavy atom. The Morgan fingerprint density at radius 3 is 2.73 bits per heavy atom. The molecule has 1 saturated heterocycles. The molecule has 1 fully saturated rings. The van der Waals surface area contributed by atoms with Crippen molar-refractivity contribution in [2.75, 3.05) is 24.5 Å². The van der Waals surface area contributed by atoms with Crippen molar-refractivity contribution in [2.24, 2.45) is 5.92 Å². The topological polar surface area (TPSA) is 71.0 Å². The van der Waals surface area contributed by atoms with Crippen molar-refractivity contribution >= 4 is 22.8 Å². The summed E-state index contributed by atoms with van der Waals surface area (Å²) in [5, 5.41) is 3.03. The fraction of sp³-hybridized carbons (Fsp3) is 0.600. The Morgan fingerprint density at radius 2 is 2.00 bits per heavy atom. The number of hydrogen-bond acceptors (Lipinski definition) is 5. The van der Waals surface area contributed by atoms with Gasteiger partial charge in [0, 0.05) is 19.6 Å². The molecule has 1 aliphatic heterocycles. The van der Waals surface area contributed by atoms with E-state index in [-0.39, 0.29) is 11.8 Å². The Hall–Kier alpha value is -2.24. The van der Waals surface area contributed by atoms with E-state index in [4.69, 9.17) is 4.98 Å². The summed E-state index contributed by atoms with van der Waals surface area (Å²) in [6.45, 7) is 8.72. The highest BCUT2D eigenvalue weighted by Crippen LogP contribution is 2.25. The number of anilines is 1. The molecule has 1 N–H and O–H groups in total. The van der Waals surface area contributed by atoms with Crippen LogP contribution < -0.4 is 10.2 Å². The van der Waals surface area contributed by atoms with Crippen LogP contribution in [0.2, 0.25) is 0 Å². The third kappa shape index (κ3) is 3.94. The summed E-state index contributed by atoms with van der Waals surface area (Å²) in [4.78, 5) is 28.6. The van der Waals surface area contributed by atoms with Gasteiger partial charge in [-0.15, -0.1) is 0 Å². The van der Waals surface area contributed by atoms with Gasteiger partial charge >= 0.3 is 0 Å². The predicted molar refractivity (Wildman–Crippen MR) is 104 cm³/mol. The minimum Gasteiger partial charge on any atom is -0.369 e. The maximum Gasteiger partial charge on any atom is 0.224 e. The molecule has 26 heavy (non-hydrogen) atoms. The van der Waals surface area contributed by atoms with E-state index in [0.29, 0.717) is 5.65 Å². The van der Waals surface area contributed by atoms with Crippen molar-refractivity contribution in [1.82, 2.24) is 20.3 Å². The highest BCUT2D eigenvalue weighted by atomic mass is 16.1. The number of rotatable bonds is 6. The highest BCUT2D eigenvalue weighted by Gasteiger charge is 2.26. The number of carbonyl (C=O) groups is 1. The first-order valence-electron chi connectivity index (χ1n) is 9.84. The van der Waals surface area contributed by atoms with E-state index in [0.717, 1.165) is 74.3 Å². The van der Waals surface area contributed by atoms with Gasteiger partial charge in [-0.25, -0.2) is 15.0 Å². The van der Waals surface area contributed by atoms with Gasteiger partial charge in [0.15, 0.2) is 5.65 Å². The van der Waals surface area contributed by atoms with E-state index in [1.807, 2.05) is 6.20 Å². The molecule has 0 bridgehead atoms. The molecule has 0 spiro atoms. The molecule has 1 atom stereocenters. The molecule has 3 rings (SSSR count). The van der Waals surface area contributed by atoms with Gasteiger partial charge in [-0.2, -0.15) is 0 Å². The Bertz CT molecular complexity index is 776. The number of amides is 1. The molecule has 2 aromatic rings. The molecule has 0 radical (unpaired) electrons. The fourth-order valence-electron chi connectivity index (χ4n) is 3.56. The number of aromatic nitrogens is 3. The van der Waals surface area contributed by atoms with Crippen LogP contribution in [-0.2, 0) is 17.6 Å². The summed E-state index contributed by atoms with van der Waals surface area (Å²) in [7, 11) is 0.